The van der Waals surface area contributed by atoms with E-state index in [9.17, 15) is 8.60 Å². The zero-order valence-electron chi connectivity index (χ0n) is 9.99. The van der Waals surface area contributed by atoms with Crippen LogP contribution in [0, 0.1) is 11.7 Å². The van der Waals surface area contributed by atoms with Crippen LogP contribution in [0.1, 0.15) is 32.6 Å². The van der Waals surface area contributed by atoms with E-state index in [1.54, 1.807) is 0 Å². The number of hydrogen-bond acceptors (Lipinski definition) is 2. The fourth-order valence-corrected chi connectivity index (χ4v) is 3.89. The molecule has 0 aliphatic heterocycles. The molecular formula is C13H18FNOS. The van der Waals surface area contributed by atoms with Crippen molar-refractivity contribution in [1.29, 1.82) is 0 Å². The molecule has 1 saturated carbocycles. The zero-order chi connectivity index (χ0) is 12.4. The van der Waals surface area contributed by atoms with Gasteiger partial charge in [0.2, 0.25) is 0 Å². The molecule has 1 aromatic rings. The summed E-state index contributed by atoms with van der Waals surface area (Å²) in [6, 6.07) is 4.11. The lowest BCUT2D eigenvalue weighted by molar-refractivity contribution is 0.389. The van der Waals surface area contributed by atoms with Crippen LogP contribution in [0.3, 0.4) is 0 Å². The maximum Gasteiger partial charge on any atom is 0.124 e. The molecule has 0 heterocycles. The van der Waals surface area contributed by atoms with Gasteiger partial charge in [-0.1, -0.05) is 6.92 Å². The quantitative estimate of drug-likeness (QED) is 0.825. The van der Waals surface area contributed by atoms with Crippen LogP contribution in [0.25, 0.3) is 0 Å². The van der Waals surface area contributed by atoms with Crippen molar-refractivity contribution in [1.82, 2.24) is 0 Å². The summed E-state index contributed by atoms with van der Waals surface area (Å²) in [7, 11) is -1.17. The van der Waals surface area contributed by atoms with Gasteiger partial charge >= 0.3 is 0 Å². The molecule has 0 aromatic heterocycles. The summed E-state index contributed by atoms with van der Waals surface area (Å²) in [4.78, 5) is 0.463. The molecule has 2 nitrogen and oxygen atoms in total. The summed E-state index contributed by atoms with van der Waals surface area (Å²) < 4.78 is 25.5. The Morgan fingerprint density at radius 2 is 1.94 bits per heavy atom. The van der Waals surface area contributed by atoms with Crippen LogP contribution in [-0.2, 0) is 10.8 Å². The summed E-state index contributed by atoms with van der Waals surface area (Å²) >= 11 is 0. The molecule has 1 aromatic carbocycles. The topological polar surface area (TPSA) is 43.1 Å². The lowest BCUT2D eigenvalue weighted by Gasteiger charge is -2.25. The molecule has 1 aliphatic carbocycles. The summed E-state index contributed by atoms with van der Waals surface area (Å²) in [5, 5.41) is 0.135. The van der Waals surface area contributed by atoms with Gasteiger partial charge in [0.15, 0.2) is 0 Å². The van der Waals surface area contributed by atoms with Crippen LogP contribution in [0.2, 0.25) is 0 Å². The molecule has 1 unspecified atom stereocenters. The van der Waals surface area contributed by atoms with Crippen LogP contribution in [0.4, 0.5) is 10.1 Å². The first-order chi connectivity index (χ1) is 8.08. The Morgan fingerprint density at radius 1 is 1.29 bits per heavy atom. The molecule has 2 rings (SSSR count). The monoisotopic (exact) mass is 255 g/mol. The average Bonchev–Trinajstić information content (AvgIpc) is 2.32. The first-order valence-electron chi connectivity index (χ1n) is 6.03. The van der Waals surface area contributed by atoms with Crippen molar-refractivity contribution in [2.45, 2.75) is 42.8 Å². The summed E-state index contributed by atoms with van der Waals surface area (Å²) in [6.45, 7) is 2.22. The molecule has 1 fully saturated rings. The number of nitrogens with two attached hydrogens (primary N) is 1. The van der Waals surface area contributed by atoms with E-state index in [4.69, 9.17) is 5.73 Å². The number of benzene rings is 1. The van der Waals surface area contributed by atoms with Gasteiger partial charge in [-0.25, -0.2) is 4.39 Å². The molecule has 2 N–H and O–H groups in total. The van der Waals surface area contributed by atoms with Crippen molar-refractivity contribution >= 4 is 16.5 Å². The number of anilines is 1. The first-order valence-corrected chi connectivity index (χ1v) is 7.25. The highest BCUT2D eigenvalue weighted by molar-refractivity contribution is 7.85. The van der Waals surface area contributed by atoms with Gasteiger partial charge in [-0.05, 0) is 49.8 Å². The number of hydrogen-bond donors (Lipinski definition) is 1. The van der Waals surface area contributed by atoms with E-state index in [-0.39, 0.29) is 11.1 Å². The summed E-state index contributed by atoms with van der Waals surface area (Å²) in [5.41, 5.74) is 6.20. The standard InChI is InChI=1S/C13H18FNOS/c1-9-2-5-11(6-3-9)17(16)13-8-10(14)4-7-12(13)15/h4,7-9,11H,2-3,5-6,15H2,1H3. The zero-order valence-corrected chi connectivity index (χ0v) is 10.8. The second-order valence-electron chi connectivity index (χ2n) is 4.86. The van der Waals surface area contributed by atoms with Crippen LogP contribution in [-0.4, -0.2) is 9.46 Å². The second kappa shape index (κ2) is 5.17. The van der Waals surface area contributed by atoms with Gasteiger partial charge in [0, 0.05) is 10.9 Å². The minimum atomic E-state index is -1.17. The van der Waals surface area contributed by atoms with E-state index >= 15 is 0 Å². The smallest absolute Gasteiger partial charge is 0.124 e. The van der Waals surface area contributed by atoms with Gasteiger partial charge in [-0.2, -0.15) is 0 Å². The lowest BCUT2D eigenvalue weighted by atomic mass is 9.91. The van der Waals surface area contributed by atoms with Crippen LogP contribution < -0.4 is 5.73 Å². The maximum atomic E-state index is 13.1. The molecule has 4 heteroatoms. The fraction of sp³-hybridized carbons (Fsp3) is 0.538. The highest BCUT2D eigenvalue weighted by Gasteiger charge is 2.25. The van der Waals surface area contributed by atoms with E-state index in [0.717, 1.165) is 25.7 Å². The van der Waals surface area contributed by atoms with Gasteiger partial charge in [-0.15, -0.1) is 0 Å². The van der Waals surface area contributed by atoms with E-state index < -0.39 is 10.8 Å². The molecular weight excluding hydrogens is 237 g/mol. The van der Waals surface area contributed by atoms with E-state index in [0.29, 0.717) is 16.5 Å². The molecule has 0 radical (unpaired) electrons. The molecule has 0 bridgehead atoms. The Bertz CT molecular complexity index is 427. The minimum absolute atomic E-state index is 0.135. The van der Waals surface area contributed by atoms with Gasteiger partial charge in [-0.3, -0.25) is 4.21 Å². The lowest BCUT2D eigenvalue weighted by Crippen LogP contribution is -2.22. The normalized spacial score (nSPS) is 26.7. The van der Waals surface area contributed by atoms with Gasteiger partial charge in [0.1, 0.15) is 5.82 Å². The van der Waals surface area contributed by atoms with Crippen molar-refractivity contribution in [2.75, 3.05) is 5.73 Å². The highest BCUT2D eigenvalue weighted by Crippen LogP contribution is 2.31. The largest absolute Gasteiger partial charge is 0.398 e. The predicted molar refractivity (Wildman–Crippen MR) is 68.6 cm³/mol. The van der Waals surface area contributed by atoms with Crippen molar-refractivity contribution in [3.05, 3.63) is 24.0 Å². The molecule has 0 amide bonds. The minimum Gasteiger partial charge on any atom is -0.398 e. The Hall–Kier alpha value is -0.900. The maximum absolute atomic E-state index is 13.1. The molecule has 0 spiro atoms. The third-order valence-electron chi connectivity index (χ3n) is 3.46. The Labute approximate surface area is 104 Å². The van der Waals surface area contributed by atoms with E-state index in [2.05, 4.69) is 6.92 Å². The van der Waals surface area contributed by atoms with Crippen LogP contribution in [0.15, 0.2) is 23.1 Å². The molecule has 1 atom stereocenters. The highest BCUT2D eigenvalue weighted by atomic mass is 32.2. The molecule has 0 saturated heterocycles. The Balaban J connectivity index is 2.16. The molecule has 17 heavy (non-hydrogen) atoms. The van der Waals surface area contributed by atoms with Crippen molar-refractivity contribution in [3.63, 3.8) is 0 Å². The average molecular weight is 255 g/mol. The molecule has 1 aliphatic rings. The van der Waals surface area contributed by atoms with E-state index in [1.165, 1.54) is 18.2 Å². The summed E-state index contributed by atoms with van der Waals surface area (Å²) in [6.07, 6.45) is 4.10. The van der Waals surface area contributed by atoms with Crippen molar-refractivity contribution in [2.24, 2.45) is 5.92 Å². The predicted octanol–water partition coefficient (Wildman–Crippen LogP) is 3.09. The van der Waals surface area contributed by atoms with Crippen LogP contribution >= 0.6 is 0 Å². The van der Waals surface area contributed by atoms with Gasteiger partial charge < -0.3 is 5.73 Å². The second-order valence-corrected chi connectivity index (χ2v) is 6.56. The summed E-state index contributed by atoms with van der Waals surface area (Å²) in [5.74, 6) is 0.347. The Morgan fingerprint density at radius 3 is 2.59 bits per heavy atom. The van der Waals surface area contributed by atoms with Crippen LogP contribution in [0.5, 0.6) is 0 Å². The fourth-order valence-electron chi connectivity index (χ4n) is 2.31. The third-order valence-corrected chi connectivity index (χ3v) is 5.32. The number of rotatable bonds is 2. The van der Waals surface area contributed by atoms with Crippen molar-refractivity contribution < 1.29 is 8.60 Å². The first kappa shape index (κ1) is 12.6. The Kier molecular flexibility index (Phi) is 3.82. The van der Waals surface area contributed by atoms with E-state index in [1.807, 2.05) is 0 Å². The van der Waals surface area contributed by atoms with Gasteiger partial charge in [0.25, 0.3) is 0 Å². The number of nitrogen functional groups attached to an aromatic ring is 1. The SMILES string of the molecule is CC1CCC(S(=O)c2cc(F)ccc2N)CC1. The van der Waals surface area contributed by atoms with Crippen molar-refractivity contribution in [3.8, 4) is 0 Å². The third kappa shape index (κ3) is 2.86. The number of halogens is 1. The molecule has 94 valence electrons. The van der Waals surface area contributed by atoms with Gasteiger partial charge in [0.05, 0.1) is 15.7 Å².